The van der Waals surface area contributed by atoms with Crippen LogP contribution in [-0.2, 0) is 17.9 Å². The van der Waals surface area contributed by atoms with E-state index in [0.717, 1.165) is 37.1 Å². The number of carbonyl (C=O) groups excluding carboxylic acids is 1. The number of rotatable bonds is 8. The molecule has 9 heteroatoms. The Morgan fingerprint density at radius 2 is 1.88 bits per heavy atom. The normalized spacial score (nSPS) is 14.8. The molecule has 1 fully saturated rings. The SMILES string of the molecule is COc1ccc(-c2noc(CN3CCC(C(=O)NCc4ccncc4)CC3)n2)cc1OC. The number of aromatic nitrogens is 3. The largest absolute Gasteiger partial charge is 0.493 e. The van der Waals surface area contributed by atoms with E-state index >= 15 is 0 Å². The molecule has 3 heterocycles. The first-order valence-corrected chi connectivity index (χ1v) is 10.6. The van der Waals surface area contributed by atoms with Gasteiger partial charge in [-0.15, -0.1) is 0 Å². The predicted octanol–water partition coefficient (Wildman–Crippen LogP) is 2.68. The highest BCUT2D eigenvalue weighted by Crippen LogP contribution is 2.31. The lowest BCUT2D eigenvalue weighted by Crippen LogP contribution is -2.40. The molecule has 1 saturated heterocycles. The van der Waals surface area contributed by atoms with Gasteiger partial charge in [-0.05, 0) is 61.8 Å². The molecule has 1 N–H and O–H groups in total. The first-order valence-electron chi connectivity index (χ1n) is 10.6. The monoisotopic (exact) mass is 437 g/mol. The molecule has 1 aromatic carbocycles. The summed E-state index contributed by atoms with van der Waals surface area (Å²) in [5.74, 6) is 2.45. The average molecular weight is 438 g/mol. The van der Waals surface area contributed by atoms with E-state index in [1.807, 2.05) is 30.3 Å². The minimum absolute atomic E-state index is 0.0260. The van der Waals surface area contributed by atoms with Crippen LogP contribution in [0.15, 0.2) is 47.2 Å². The van der Waals surface area contributed by atoms with Crippen LogP contribution in [0.5, 0.6) is 11.5 Å². The van der Waals surface area contributed by atoms with Gasteiger partial charge in [-0.25, -0.2) is 0 Å². The third kappa shape index (κ3) is 5.23. The van der Waals surface area contributed by atoms with Crippen molar-refractivity contribution in [1.82, 2.24) is 25.3 Å². The fourth-order valence-corrected chi connectivity index (χ4v) is 3.79. The second-order valence-electron chi connectivity index (χ2n) is 7.71. The molecule has 9 nitrogen and oxygen atoms in total. The summed E-state index contributed by atoms with van der Waals surface area (Å²) in [4.78, 5) is 23.2. The molecule has 1 aliphatic heterocycles. The summed E-state index contributed by atoms with van der Waals surface area (Å²) in [5, 5.41) is 7.13. The molecule has 3 aromatic rings. The number of ether oxygens (including phenoxy) is 2. The van der Waals surface area contributed by atoms with Gasteiger partial charge in [0.25, 0.3) is 0 Å². The maximum absolute atomic E-state index is 12.5. The van der Waals surface area contributed by atoms with Gasteiger partial charge in [-0.2, -0.15) is 4.98 Å². The topological polar surface area (TPSA) is 103 Å². The zero-order chi connectivity index (χ0) is 22.3. The van der Waals surface area contributed by atoms with Gasteiger partial charge in [0, 0.05) is 30.4 Å². The first kappa shape index (κ1) is 21.8. The Morgan fingerprint density at radius 3 is 2.59 bits per heavy atom. The second-order valence-corrected chi connectivity index (χ2v) is 7.71. The number of hydrogen-bond donors (Lipinski definition) is 1. The summed E-state index contributed by atoms with van der Waals surface area (Å²) in [5.41, 5.74) is 1.84. The predicted molar refractivity (Wildman–Crippen MR) is 117 cm³/mol. The summed E-state index contributed by atoms with van der Waals surface area (Å²) in [6.45, 7) is 2.71. The Morgan fingerprint density at radius 1 is 1.12 bits per heavy atom. The number of nitrogens with zero attached hydrogens (tertiary/aromatic N) is 4. The molecule has 0 aliphatic carbocycles. The number of nitrogens with one attached hydrogen (secondary N) is 1. The molecule has 168 valence electrons. The van der Waals surface area contributed by atoms with E-state index in [1.165, 1.54) is 0 Å². The van der Waals surface area contributed by atoms with Crippen LogP contribution >= 0.6 is 0 Å². The van der Waals surface area contributed by atoms with Crippen LogP contribution < -0.4 is 14.8 Å². The molecular weight excluding hydrogens is 410 g/mol. The van der Waals surface area contributed by atoms with Crippen molar-refractivity contribution in [3.63, 3.8) is 0 Å². The minimum Gasteiger partial charge on any atom is -0.493 e. The number of amides is 1. The van der Waals surface area contributed by atoms with Crippen LogP contribution in [0.3, 0.4) is 0 Å². The standard InChI is InChI=1S/C23H27N5O4/c1-30-19-4-3-18(13-20(19)31-2)22-26-21(32-27-22)15-28-11-7-17(8-12-28)23(29)25-14-16-5-9-24-10-6-16/h3-6,9-10,13,17H,7-8,11-12,14-15H2,1-2H3,(H,25,29). The van der Waals surface area contributed by atoms with Crippen LogP contribution in [0.25, 0.3) is 11.4 Å². The Kier molecular flexibility index (Phi) is 6.96. The van der Waals surface area contributed by atoms with Crippen LogP contribution in [0.1, 0.15) is 24.3 Å². The molecule has 32 heavy (non-hydrogen) atoms. The van der Waals surface area contributed by atoms with Crippen molar-refractivity contribution in [2.45, 2.75) is 25.9 Å². The molecule has 0 atom stereocenters. The molecular formula is C23H27N5O4. The number of hydrogen-bond acceptors (Lipinski definition) is 8. The maximum atomic E-state index is 12.5. The van der Waals surface area contributed by atoms with E-state index in [4.69, 9.17) is 14.0 Å². The molecule has 0 saturated carbocycles. The average Bonchev–Trinajstić information content (AvgIpc) is 3.31. The second kappa shape index (κ2) is 10.2. The van der Waals surface area contributed by atoms with E-state index < -0.39 is 0 Å². The molecule has 0 radical (unpaired) electrons. The summed E-state index contributed by atoms with van der Waals surface area (Å²) in [6, 6.07) is 9.32. The quantitative estimate of drug-likeness (QED) is 0.574. The lowest BCUT2D eigenvalue weighted by atomic mass is 9.96. The summed E-state index contributed by atoms with van der Waals surface area (Å²) in [7, 11) is 3.18. The third-order valence-electron chi connectivity index (χ3n) is 5.64. The summed E-state index contributed by atoms with van der Waals surface area (Å²) >= 11 is 0. The van der Waals surface area contributed by atoms with E-state index in [9.17, 15) is 4.79 Å². The first-order chi connectivity index (χ1) is 15.7. The number of likely N-dealkylation sites (tertiary alicyclic amines) is 1. The molecule has 1 aliphatic rings. The smallest absolute Gasteiger partial charge is 0.241 e. The van der Waals surface area contributed by atoms with Crippen molar-refractivity contribution in [1.29, 1.82) is 0 Å². The molecule has 2 aromatic heterocycles. The molecule has 0 unspecified atom stereocenters. The molecule has 4 rings (SSSR count). The highest BCUT2D eigenvalue weighted by molar-refractivity contribution is 5.78. The van der Waals surface area contributed by atoms with Gasteiger partial charge in [-0.1, -0.05) is 5.16 Å². The molecule has 1 amide bonds. The van der Waals surface area contributed by atoms with Crippen molar-refractivity contribution in [2.75, 3.05) is 27.3 Å². The Hall–Kier alpha value is -3.46. The van der Waals surface area contributed by atoms with Crippen LogP contribution in [0.4, 0.5) is 0 Å². The Balaban J connectivity index is 1.28. The lowest BCUT2D eigenvalue weighted by molar-refractivity contribution is -0.126. The van der Waals surface area contributed by atoms with E-state index in [-0.39, 0.29) is 11.8 Å². The number of piperidine rings is 1. The van der Waals surface area contributed by atoms with E-state index in [1.54, 1.807) is 26.6 Å². The molecule has 0 bridgehead atoms. The summed E-state index contributed by atoms with van der Waals surface area (Å²) < 4.78 is 16.1. The summed E-state index contributed by atoms with van der Waals surface area (Å²) in [6.07, 6.45) is 5.07. The van der Waals surface area contributed by atoms with Crippen molar-refractivity contribution < 1.29 is 18.8 Å². The number of methoxy groups -OCH3 is 2. The van der Waals surface area contributed by atoms with Crippen molar-refractivity contribution in [3.8, 4) is 22.9 Å². The number of carbonyl (C=O) groups is 1. The van der Waals surface area contributed by atoms with Gasteiger partial charge in [-0.3, -0.25) is 14.7 Å². The highest BCUT2D eigenvalue weighted by Gasteiger charge is 2.26. The zero-order valence-electron chi connectivity index (χ0n) is 18.3. The van der Waals surface area contributed by atoms with Gasteiger partial charge in [0.15, 0.2) is 11.5 Å². The van der Waals surface area contributed by atoms with Crippen LogP contribution in [-0.4, -0.2) is 53.2 Å². The Bertz CT molecular complexity index is 1030. The van der Waals surface area contributed by atoms with Gasteiger partial charge in [0.05, 0.1) is 20.8 Å². The van der Waals surface area contributed by atoms with Crippen LogP contribution in [0.2, 0.25) is 0 Å². The number of benzene rings is 1. The van der Waals surface area contributed by atoms with Crippen molar-refractivity contribution >= 4 is 5.91 Å². The third-order valence-corrected chi connectivity index (χ3v) is 5.64. The van der Waals surface area contributed by atoms with Crippen molar-refractivity contribution in [3.05, 3.63) is 54.2 Å². The fourth-order valence-electron chi connectivity index (χ4n) is 3.79. The van der Waals surface area contributed by atoms with Crippen LogP contribution in [0, 0.1) is 5.92 Å². The van der Waals surface area contributed by atoms with Gasteiger partial charge < -0.3 is 19.3 Å². The fraction of sp³-hybridized carbons (Fsp3) is 0.391. The van der Waals surface area contributed by atoms with Crippen molar-refractivity contribution in [2.24, 2.45) is 5.92 Å². The van der Waals surface area contributed by atoms with Gasteiger partial charge >= 0.3 is 0 Å². The zero-order valence-corrected chi connectivity index (χ0v) is 18.3. The van der Waals surface area contributed by atoms with E-state index in [2.05, 4.69) is 25.3 Å². The van der Waals surface area contributed by atoms with E-state index in [0.29, 0.717) is 36.3 Å². The number of pyridine rings is 1. The lowest BCUT2D eigenvalue weighted by Gasteiger charge is -2.30. The van der Waals surface area contributed by atoms with Gasteiger partial charge in [0.1, 0.15) is 0 Å². The molecule has 0 spiro atoms. The minimum atomic E-state index is 0.0260. The highest BCUT2D eigenvalue weighted by atomic mass is 16.5. The Labute approximate surface area is 186 Å². The maximum Gasteiger partial charge on any atom is 0.241 e. The van der Waals surface area contributed by atoms with Gasteiger partial charge in [0.2, 0.25) is 17.6 Å².